The number of allylic oxidation sites excluding steroid dienone is 1. The first-order chi connectivity index (χ1) is 14.1. The number of carbonyl (C=O) groups excluding carboxylic acids is 4. The summed E-state index contributed by atoms with van der Waals surface area (Å²) in [5.74, 6) is -1.34. The van der Waals surface area contributed by atoms with Crippen LogP contribution in [-0.2, 0) is 24.5 Å². The lowest BCUT2D eigenvalue weighted by molar-refractivity contribution is -0.149. The molecule has 5 atom stereocenters. The van der Waals surface area contributed by atoms with Gasteiger partial charge in [0.25, 0.3) is 0 Å². The Kier molecular flexibility index (Phi) is 3.81. The van der Waals surface area contributed by atoms with Crippen LogP contribution >= 0.6 is 0 Å². The maximum Gasteiger partial charge on any atom is 0.342 e. The number of ketones is 2. The molecule has 3 aliphatic carbocycles. The molecule has 0 N–H and O–H groups in total. The van der Waals surface area contributed by atoms with Crippen molar-refractivity contribution in [2.24, 2.45) is 11.3 Å². The Morgan fingerprint density at radius 1 is 1.27 bits per heavy atom. The predicted molar refractivity (Wildman–Crippen MR) is 103 cm³/mol. The number of ether oxygens (including phenoxy) is 2. The molecule has 158 valence electrons. The SMILES string of the molecule is CC[C@@H]1OC(=O)c2coc3c2[C@@]1(C)C1=C(C3=O)C2CCC(=O)[C@@]2(C)C[C@@H]1OC(C)=O. The molecule has 1 unspecified atom stereocenters. The van der Waals surface area contributed by atoms with E-state index in [1.165, 1.54) is 13.2 Å². The van der Waals surface area contributed by atoms with E-state index in [1.807, 2.05) is 20.8 Å². The van der Waals surface area contributed by atoms with E-state index in [0.29, 0.717) is 42.4 Å². The monoisotopic (exact) mass is 412 g/mol. The first-order valence-electron chi connectivity index (χ1n) is 10.5. The lowest BCUT2D eigenvalue weighted by Crippen LogP contribution is -2.56. The van der Waals surface area contributed by atoms with Crippen LogP contribution in [0.2, 0.25) is 0 Å². The predicted octanol–water partition coefficient (Wildman–Crippen LogP) is 3.30. The van der Waals surface area contributed by atoms with E-state index in [0.717, 1.165) is 0 Å². The van der Waals surface area contributed by atoms with Crippen molar-refractivity contribution in [3.05, 3.63) is 34.3 Å². The summed E-state index contributed by atoms with van der Waals surface area (Å²) in [5.41, 5.74) is 0.318. The van der Waals surface area contributed by atoms with Gasteiger partial charge in [-0.3, -0.25) is 14.4 Å². The number of hydrogen-bond acceptors (Lipinski definition) is 7. The van der Waals surface area contributed by atoms with Gasteiger partial charge in [-0.15, -0.1) is 0 Å². The van der Waals surface area contributed by atoms with Crippen molar-refractivity contribution in [2.75, 3.05) is 0 Å². The van der Waals surface area contributed by atoms with E-state index in [1.54, 1.807) is 0 Å². The molecule has 0 saturated heterocycles. The summed E-state index contributed by atoms with van der Waals surface area (Å²) in [5, 5.41) is 0. The van der Waals surface area contributed by atoms with E-state index in [-0.39, 0.29) is 28.8 Å². The smallest absolute Gasteiger partial charge is 0.342 e. The third-order valence-electron chi connectivity index (χ3n) is 7.75. The summed E-state index contributed by atoms with van der Waals surface area (Å²) in [4.78, 5) is 51.1. The summed E-state index contributed by atoms with van der Waals surface area (Å²) < 4.78 is 17.1. The first kappa shape index (κ1) is 19.3. The van der Waals surface area contributed by atoms with Crippen LogP contribution in [0.1, 0.15) is 79.9 Å². The molecule has 5 rings (SSSR count). The van der Waals surface area contributed by atoms with Crippen molar-refractivity contribution in [1.82, 2.24) is 0 Å². The molecule has 1 aromatic rings. The second-order valence-corrected chi connectivity index (χ2v) is 9.25. The van der Waals surface area contributed by atoms with E-state index in [2.05, 4.69) is 0 Å². The third-order valence-corrected chi connectivity index (χ3v) is 7.75. The highest BCUT2D eigenvalue weighted by Crippen LogP contribution is 2.61. The van der Waals surface area contributed by atoms with Crippen LogP contribution < -0.4 is 0 Å². The van der Waals surface area contributed by atoms with Gasteiger partial charge in [-0.2, -0.15) is 0 Å². The van der Waals surface area contributed by atoms with Gasteiger partial charge in [0.05, 0.1) is 5.41 Å². The fourth-order valence-electron chi connectivity index (χ4n) is 6.42. The molecule has 4 aliphatic rings. The highest BCUT2D eigenvalue weighted by molar-refractivity contribution is 6.14. The topological polar surface area (TPSA) is 99.9 Å². The van der Waals surface area contributed by atoms with Crippen molar-refractivity contribution in [3.63, 3.8) is 0 Å². The van der Waals surface area contributed by atoms with E-state index < -0.39 is 35.0 Å². The van der Waals surface area contributed by atoms with Gasteiger partial charge in [-0.25, -0.2) is 4.79 Å². The quantitative estimate of drug-likeness (QED) is 0.687. The average Bonchev–Trinajstić information content (AvgIpc) is 3.25. The minimum Gasteiger partial charge on any atom is -0.460 e. The molecule has 1 aliphatic heterocycles. The molecule has 1 aromatic heterocycles. The van der Waals surface area contributed by atoms with Crippen molar-refractivity contribution in [3.8, 4) is 0 Å². The van der Waals surface area contributed by atoms with E-state index in [9.17, 15) is 19.2 Å². The number of esters is 2. The molecular formula is C23H24O7. The molecule has 0 amide bonds. The molecule has 2 heterocycles. The summed E-state index contributed by atoms with van der Waals surface area (Å²) in [7, 11) is 0. The molecular weight excluding hydrogens is 388 g/mol. The van der Waals surface area contributed by atoms with Crippen molar-refractivity contribution < 1.29 is 33.1 Å². The van der Waals surface area contributed by atoms with Crippen LogP contribution in [0.3, 0.4) is 0 Å². The Balaban J connectivity index is 1.84. The number of fused-ring (bicyclic) bond motifs is 3. The van der Waals surface area contributed by atoms with Crippen LogP contribution in [0, 0.1) is 11.3 Å². The first-order valence-corrected chi connectivity index (χ1v) is 10.5. The molecule has 7 heteroatoms. The van der Waals surface area contributed by atoms with Crippen LogP contribution in [0.5, 0.6) is 0 Å². The second-order valence-electron chi connectivity index (χ2n) is 9.25. The standard InChI is InChI=1S/C23H24O7/c1-5-15-23(4)17-11(21(27)30-15)9-28-20(17)19(26)16-12-6-7-14(25)22(12,3)8-13(18(16)23)29-10(2)24/h9,12-13,15H,5-8H2,1-4H3/t12?,13-,15-,22-,23-/m0/s1. The number of cyclic esters (lactones) is 1. The Morgan fingerprint density at radius 2 is 2.00 bits per heavy atom. The molecule has 0 radical (unpaired) electrons. The van der Waals surface area contributed by atoms with Gasteiger partial charge >= 0.3 is 11.9 Å². The summed E-state index contributed by atoms with van der Waals surface area (Å²) in [6, 6.07) is 0. The fourth-order valence-corrected chi connectivity index (χ4v) is 6.42. The summed E-state index contributed by atoms with van der Waals surface area (Å²) in [6.07, 6.45) is 1.81. The van der Waals surface area contributed by atoms with Crippen LogP contribution in [-0.4, -0.2) is 35.7 Å². The molecule has 30 heavy (non-hydrogen) atoms. The van der Waals surface area contributed by atoms with Crippen LogP contribution in [0.4, 0.5) is 0 Å². The minimum absolute atomic E-state index is 0.0854. The Bertz CT molecular complexity index is 1060. The Labute approximate surface area is 173 Å². The summed E-state index contributed by atoms with van der Waals surface area (Å²) in [6.45, 7) is 7.04. The van der Waals surface area contributed by atoms with Gasteiger partial charge < -0.3 is 13.9 Å². The van der Waals surface area contributed by atoms with Crippen molar-refractivity contribution >= 4 is 23.5 Å². The number of rotatable bonds is 2. The molecule has 0 bridgehead atoms. The zero-order chi connectivity index (χ0) is 21.6. The zero-order valence-electron chi connectivity index (χ0n) is 17.5. The number of furan rings is 1. The average molecular weight is 412 g/mol. The minimum atomic E-state index is -0.864. The third kappa shape index (κ3) is 2.10. The lowest BCUT2D eigenvalue weighted by Gasteiger charge is -2.51. The van der Waals surface area contributed by atoms with Gasteiger partial charge in [0, 0.05) is 42.2 Å². The normalized spacial score (nSPS) is 36.8. The van der Waals surface area contributed by atoms with Gasteiger partial charge in [-0.05, 0) is 25.3 Å². The summed E-state index contributed by atoms with van der Waals surface area (Å²) >= 11 is 0. The lowest BCUT2D eigenvalue weighted by atomic mass is 9.54. The Hall–Kier alpha value is -2.70. The van der Waals surface area contributed by atoms with Crippen LogP contribution in [0.25, 0.3) is 0 Å². The molecule has 0 spiro atoms. The van der Waals surface area contributed by atoms with Crippen molar-refractivity contribution in [1.29, 1.82) is 0 Å². The van der Waals surface area contributed by atoms with Gasteiger partial charge in [-0.1, -0.05) is 13.8 Å². The van der Waals surface area contributed by atoms with Crippen LogP contribution in [0.15, 0.2) is 21.8 Å². The highest BCUT2D eigenvalue weighted by atomic mass is 16.6. The van der Waals surface area contributed by atoms with Crippen molar-refractivity contribution in [2.45, 2.75) is 71.0 Å². The maximum absolute atomic E-state index is 13.7. The molecule has 0 aromatic carbocycles. The van der Waals surface area contributed by atoms with E-state index >= 15 is 0 Å². The van der Waals surface area contributed by atoms with Gasteiger partial charge in [0.2, 0.25) is 5.78 Å². The number of Topliss-reactive ketones (excluding diaryl/α,β-unsaturated/α-hetero) is 2. The van der Waals surface area contributed by atoms with E-state index in [4.69, 9.17) is 13.9 Å². The highest BCUT2D eigenvalue weighted by Gasteiger charge is 2.64. The largest absolute Gasteiger partial charge is 0.460 e. The maximum atomic E-state index is 13.7. The number of carbonyl (C=O) groups is 4. The Morgan fingerprint density at radius 3 is 2.67 bits per heavy atom. The van der Waals surface area contributed by atoms with Gasteiger partial charge in [0.1, 0.15) is 29.8 Å². The molecule has 1 saturated carbocycles. The fraction of sp³-hybridized carbons (Fsp3) is 0.565. The van der Waals surface area contributed by atoms with Gasteiger partial charge in [0.15, 0.2) is 5.76 Å². The molecule has 1 fully saturated rings. The molecule has 7 nitrogen and oxygen atoms in total. The zero-order valence-corrected chi connectivity index (χ0v) is 17.5. The second kappa shape index (κ2) is 5.93. The number of hydrogen-bond donors (Lipinski definition) is 0.